The molecule has 3 atom stereocenters. The van der Waals surface area contributed by atoms with Gasteiger partial charge in [-0.3, -0.25) is 30.0 Å². The van der Waals surface area contributed by atoms with Crippen molar-refractivity contribution in [3.63, 3.8) is 0 Å². The van der Waals surface area contributed by atoms with Crippen molar-refractivity contribution < 1.29 is 42.3 Å². The van der Waals surface area contributed by atoms with E-state index in [0.29, 0.717) is 35.3 Å². The lowest BCUT2D eigenvalue weighted by Gasteiger charge is -2.25. The number of halogens is 3. The maximum Gasteiger partial charge on any atom is 0.490 e. The number of aliphatic carboxylic acids is 1. The number of carboxylic acid groups (broad SMARTS) is 1. The Morgan fingerprint density at radius 1 is 0.837 bits per heavy atom. The van der Waals surface area contributed by atoms with Crippen LogP contribution in [0, 0.1) is 16.7 Å². The first-order valence-electron chi connectivity index (χ1n) is 14.5. The molecule has 0 fully saturated rings. The van der Waals surface area contributed by atoms with Crippen molar-refractivity contribution in [1.82, 2.24) is 20.9 Å². The van der Waals surface area contributed by atoms with E-state index >= 15 is 0 Å². The van der Waals surface area contributed by atoms with Gasteiger partial charge in [0.25, 0.3) is 0 Å². The summed E-state index contributed by atoms with van der Waals surface area (Å²) >= 11 is 0. The number of alkyl halides is 3. The number of guanidine groups is 1. The molecule has 0 radical (unpaired) electrons. The summed E-state index contributed by atoms with van der Waals surface area (Å²) in [5.74, 6) is -6.84. The van der Waals surface area contributed by atoms with Gasteiger partial charge in [-0.1, -0.05) is 36.4 Å². The Labute approximate surface area is 279 Å². The number of amides is 4. The van der Waals surface area contributed by atoms with Crippen LogP contribution in [0.25, 0.3) is 0 Å². The lowest BCUT2D eigenvalue weighted by atomic mass is 9.95. The summed E-state index contributed by atoms with van der Waals surface area (Å²) in [7, 11) is 3.05. The molecule has 2 aromatic carbocycles. The largest absolute Gasteiger partial charge is 0.490 e. The molecule has 0 aliphatic heterocycles. The van der Waals surface area contributed by atoms with E-state index in [4.69, 9.17) is 43.7 Å². The van der Waals surface area contributed by atoms with E-state index in [0.717, 1.165) is 0 Å². The second kappa shape index (κ2) is 19.1. The van der Waals surface area contributed by atoms with Gasteiger partial charge in [-0.15, -0.1) is 0 Å². The van der Waals surface area contributed by atoms with Gasteiger partial charge < -0.3 is 48.9 Å². The second-order valence-electron chi connectivity index (χ2n) is 10.9. The normalized spacial score (nSPS) is 12.5. The van der Waals surface area contributed by atoms with Crippen molar-refractivity contribution >= 4 is 47.1 Å². The molecular weight excluding hydrogens is 653 g/mol. The Balaban J connectivity index is 0.00000154. The van der Waals surface area contributed by atoms with Gasteiger partial charge in [-0.05, 0) is 42.5 Å². The minimum Gasteiger partial charge on any atom is -0.475 e. The first kappa shape index (κ1) is 41.1. The summed E-state index contributed by atoms with van der Waals surface area (Å²) in [6, 6.07) is 11.1. The third-order valence-electron chi connectivity index (χ3n) is 6.70. The number of rotatable bonds is 15. The van der Waals surface area contributed by atoms with Crippen molar-refractivity contribution in [2.75, 3.05) is 26.4 Å². The van der Waals surface area contributed by atoms with Crippen molar-refractivity contribution in [1.29, 1.82) is 10.8 Å². The molecule has 0 aromatic heterocycles. The Morgan fingerprint density at radius 3 is 1.78 bits per heavy atom. The fourth-order valence-corrected chi connectivity index (χ4v) is 4.12. The number of carbonyl (C=O) groups is 5. The van der Waals surface area contributed by atoms with Gasteiger partial charge in [0, 0.05) is 38.3 Å². The molecule has 19 heteroatoms. The topological polar surface area (TPSA) is 297 Å². The molecule has 14 N–H and O–H groups in total. The van der Waals surface area contributed by atoms with E-state index in [2.05, 4.69) is 16.0 Å². The fraction of sp³-hybridized carbons (Fsp3) is 0.367. The molecule has 49 heavy (non-hydrogen) atoms. The van der Waals surface area contributed by atoms with Gasteiger partial charge in [-0.25, -0.2) is 4.79 Å². The molecule has 16 nitrogen and oxygen atoms in total. The van der Waals surface area contributed by atoms with Crippen LogP contribution in [0.15, 0.2) is 48.5 Å². The number of carbonyl (C=O) groups excluding carboxylic acids is 4. The minimum absolute atomic E-state index is 0.0320. The first-order valence-corrected chi connectivity index (χ1v) is 14.5. The summed E-state index contributed by atoms with van der Waals surface area (Å²) in [6.45, 7) is 0.294. The molecule has 0 saturated carbocycles. The zero-order valence-electron chi connectivity index (χ0n) is 26.8. The van der Waals surface area contributed by atoms with Crippen LogP contribution in [-0.4, -0.2) is 90.3 Å². The number of nitrogens with zero attached hydrogens (tertiary/aromatic N) is 1. The number of primary amides is 1. The van der Waals surface area contributed by atoms with Gasteiger partial charge in [0.15, 0.2) is 5.96 Å². The van der Waals surface area contributed by atoms with E-state index in [1.165, 1.54) is 19.0 Å². The van der Waals surface area contributed by atoms with E-state index < -0.39 is 53.8 Å². The van der Waals surface area contributed by atoms with Crippen molar-refractivity contribution in [2.45, 2.75) is 43.9 Å². The number of nitrogen functional groups attached to an aromatic ring is 2. The zero-order chi connectivity index (χ0) is 37.5. The first-order chi connectivity index (χ1) is 22.7. The van der Waals surface area contributed by atoms with E-state index in [1.807, 2.05) is 0 Å². The number of amidine groups is 1. The average molecular weight is 695 g/mol. The quantitative estimate of drug-likeness (QED) is 0.0371. The van der Waals surface area contributed by atoms with Crippen molar-refractivity contribution in [3.8, 4) is 0 Å². The van der Waals surface area contributed by atoms with E-state index in [-0.39, 0.29) is 31.1 Å². The second-order valence-corrected chi connectivity index (χ2v) is 10.9. The summed E-state index contributed by atoms with van der Waals surface area (Å²) in [5.41, 5.74) is 24.5. The third kappa shape index (κ3) is 15.0. The number of nitrogens with one attached hydrogen (secondary N) is 5. The van der Waals surface area contributed by atoms with Crippen LogP contribution in [0.1, 0.15) is 29.5 Å². The molecule has 0 heterocycles. The summed E-state index contributed by atoms with van der Waals surface area (Å²) < 4.78 is 31.7. The average Bonchev–Trinajstić information content (AvgIpc) is 3.01. The summed E-state index contributed by atoms with van der Waals surface area (Å²) in [5, 5.41) is 29.8. The van der Waals surface area contributed by atoms with Crippen LogP contribution in [0.4, 0.5) is 18.9 Å². The zero-order valence-corrected chi connectivity index (χ0v) is 26.8. The van der Waals surface area contributed by atoms with Crippen LogP contribution in [0.2, 0.25) is 0 Å². The number of anilines is 1. The third-order valence-corrected chi connectivity index (χ3v) is 6.70. The standard InChI is InChI=1S/C28H40N10O4.C2HF3O2/c1-38(2)27(42)20(14-16-5-9-18(10-6-16)23(30)31)25(40)37-22(15-17-7-11-19(29)12-8-17)26(41)36-21(24(32)39)4-3-13-35-28(33)34;3-2(4,5)1(6)7/h5-12,20-22H,3-4,13-15,29H2,1-2H3,(H3,30,31)(H2,32,39)(H,36,41)(H,37,40)(H4,33,34,35);(H,6,7)/t20?,21-,22-;/m0./s1. The van der Waals surface area contributed by atoms with Crippen LogP contribution in [0.5, 0.6) is 0 Å². The molecule has 0 aliphatic carbocycles. The SMILES string of the molecule is CN(C)C(=O)C(Cc1ccc(C(=N)N)cc1)C(=O)N[C@@H](Cc1ccc(N)cc1)C(=O)N[C@@H](CCCNC(=N)N)C(N)=O.O=C(O)C(F)(F)F. The van der Waals surface area contributed by atoms with Crippen LogP contribution < -0.4 is 38.9 Å². The van der Waals surface area contributed by atoms with E-state index in [9.17, 15) is 32.3 Å². The maximum atomic E-state index is 13.6. The fourth-order valence-electron chi connectivity index (χ4n) is 4.12. The maximum absolute atomic E-state index is 13.6. The molecule has 0 saturated heterocycles. The van der Waals surface area contributed by atoms with Gasteiger partial charge in [0.1, 0.15) is 23.8 Å². The van der Waals surface area contributed by atoms with Gasteiger partial charge in [0.2, 0.25) is 23.6 Å². The number of benzene rings is 2. The predicted molar refractivity (Wildman–Crippen MR) is 174 cm³/mol. The smallest absolute Gasteiger partial charge is 0.475 e. The molecule has 2 rings (SSSR count). The molecule has 268 valence electrons. The molecule has 1 unspecified atom stereocenters. The molecule has 4 amide bonds. The minimum atomic E-state index is -5.08. The lowest BCUT2D eigenvalue weighted by molar-refractivity contribution is -0.192. The molecule has 2 aromatic rings. The number of hydrogen-bond donors (Lipinski definition) is 10. The van der Waals surface area contributed by atoms with Crippen molar-refractivity contribution in [3.05, 3.63) is 65.2 Å². The highest BCUT2D eigenvalue weighted by atomic mass is 19.4. The molecule has 0 bridgehead atoms. The number of hydrogen-bond acceptors (Lipinski definition) is 8. The predicted octanol–water partition coefficient (Wildman–Crippen LogP) is -0.606. The molecule has 0 aliphatic rings. The number of nitrogens with two attached hydrogens (primary N) is 4. The lowest BCUT2D eigenvalue weighted by Crippen LogP contribution is -2.55. The van der Waals surface area contributed by atoms with Crippen LogP contribution >= 0.6 is 0 Å². The van der Waals surface area contributed by atoms with Gasteiger partial charge in [-0.2, -0.15) is 13.2 Å². The van der Waals surface area contributed by atoms with Gasteiger partial charge in [0.05, 0.1) is 0 Å². The Bertz CT molecular complexity index is 1480. The van der Waals surface area contributed by atoms with E-state index in [1.54, 1.807) is 48.5 Å². The summed E-state index contributed by atoms with van der Waals surface area (Å²) in [6.07, 6.45) is -4.46. The highest BCUT2D eigenvalue weighted by Crippen LogP contribution is 2.16. The molecular formula is C30H41F3N10O6. The summed E-state index contributed by atoms with van der Waals surface area (Å²) in [4.78, 5) is 62.4. The Morgan fingerprint density at radius 2 is 1.33 bits per heavy atom. The molecule has 0 spiro atoms. The highest BCUT2D eigenvalue weighted by Gasteiger charge is 2.38. The highest BCUT2D eigenvalue weighted by molar-refractivity contribution is 6.02. The number of carboxylic acids is 1. The Kier molecular flexibility index (Phi) is 16.0. The van der Waals surface area contributed by atoms with Crippen LogP contribution in [0.3, 0.4) is 0 Å². The Hall–Kier alpha value is -5.88. The van der Waals surface area contributed by atoms with Gasteiger partial charge >= 0.3 is 12.1 Å². The van der Waals surface area contributed by atoms with Crippen LogP contribution in [-0.2, 0) is 36.8 Å². The van der Waals surface area contributed by atoms with Crippen molar-refractivity contribution in [2.24, 2.45) is 23.1 Å². The monoisotopic (exact) mass is 694 g/mol.